The quantitative estimate of drug-likeness (QED) is 0.612. The number of likely N-dealkylation sites (N-methyl/N-ethyl adjacent to an activating group) is 1. The molecular formula is C12H12BrN3O3. The molecule has 1 atom stereocenters. The fourth-order valence-corrected chi connectivity index (χ4v) is 2.27. The average Bonchev–Trinajstić information content (AvgIpc) is 2.60. The van der Waals surface area contributed by atoms with Gasteiger partial charge in [0.25, 0.3) is 11.8 Å². The Kier molecular flexibility index (Phi) is 3.57. The van der Waals surface area contributed by atoms with E-state index in [9.17, 15) is 14.4 Å². The van der Waals surface area contributed by atoms with E-state index in [-0.39, 0.29) is 12.3 Å². The molecule has 0 spiro atoms. The van der Waals surface area contributed by atoms with Crippen molar-refractivity contribution in [2.45, 2.75) is 12.5 Å². The van der Waals surface area contributed by atoms with Gasteiger partial charge < -0.3 is 11.1 Å². The Hall–Kier alpha value is -1.89. The minimum atomic E-state index is -0.807. The van der Waals surface area contributed by atoms with Gasteiger partial charge in [-0.25, -0.2) is 0 Å². The van der Waals surface area contributed by atoms with Gasteiger partial charge in [0.2, 0.25) is 5.91 Å². The van der Waals surface area contributed by atoms with Gasteiger partial charge in [0.1, 0.15) is 6.04 Å². The van der Waals surface area contributed by atoms with E-state index in [2.05, 4.69) is 21.2 Å². The normalized spacial score (nSPS) is 18.8. The predicted molar refractivity (Wildman–Crippen MR) is 72.2 cm³/mol. The smallest absolute Gasteiger partial charge is 0.253 e. The summed E-state index contributed by atoms with van der Waals surface area (Å²) in [6.07, 6.45) is -0.0129. The van der Waals surface area contributed by atoms with Crippen LogP contribution in [0.25, 0.3) is 0 Å². The average molecular weight is 326 g/mol. The number of anilines is 1. The first-order valence-electron chi connectivity index (χ1n) is 5.57. The highest BCUT2D eigenvalue weighted by Gasteiger charge is 2.37. The number of rotatable bonds is 2. The summed E-state index contributed by atoms with van der Waals surface area (Å²) >= 11 is 3.22. The number of nitrogens with zero attached hydrogens (tertiary/aromatic N) is 1. The van der Waals surface area contributed by atoms with Gasteiger partial charge in [0.05, 0.1) is 16.5 Å². The number of hydrogen-bond acceptors (Lipinski definition) is 4. The highest BCUT2D eigenvalue weighted by molar-refractivity contribution is 9.10. The molecule has 1 saturated heterocycles. The van der Waals surface area contributed by atoms with Crippen LogP contribution < -0.4 is 11.1 Å². The number of amides is 3. The largest absolute Gasteiger partial charge is 0.398 e. The molecule has 1 unspecified atom stereocenters. The van der Waals surface area contributed by atoms with Crippen LogP contribution >= 0.6 is 15.9 Å². The molecule has 1 aromatic rings. The van der Waals surface area contributed by atoms with E-state index >= 15 is 0 Å². The lowest BCUT2D eigenvalue weighted by molar-refractivity contribution is -0.137. The number of carbonyl (C=O) groups is 3. The molecule has 2 rings (SSSR count). The SMILES string of the molecule is CN1C(=O)CC(NC(=O)c2cccc(N)c2Br)C1=O. The van der Waals surface area contributed by atoms with Gasteiger partial charge in [-0.15, -0.1) is 0 Å². The van der Waals surface area contributed by atoms with Crippen LogP contribution in [-0.2, 0) is 9.59 Å². The van der Waals surface area contributed by atoms with Gasteiger partial charge in [-0.1, -0.05) is 6.07 Å². The number of halogens is 1. The van der Waals surface area contributed by atoms with Crippen LogP contribution in [0.1, 0.15) is 16.8 Å². The van der Waals surface area contributed by atoms with Crippen LogP contribution in [0, 0.1) is 0 Å². The van der Waals surface area contributed by atoms with Crippen molar-refractivity contribution in [1.29, 1.82) is 0 Å². The molecule has 1 aromatic carbocycles. The molecular weight excluding hydrogens is 314 g/mol. The van der Waals surface area contributed by atoms with Crippen molar-refractivity contribution in [1.82, 2.24) is 10.2 Å². The first-order valence-corrected chi connectivity index (χ1v) is 6.36. The van der Waals surface area contributed by atoms with Crippen molar-refractivity contribution in [2.24, 2.45) is 0 Å². The molecule has 0 radical (unpaired) electrons. The van der Waals surface area contributed by atoms with E-state index < -0.39 is 17.9 Å². The Labute approximate surface area is 118 Å². The summed E-state index contributed by atoms with van der Waals surface area (Å²) in [4.78, 5) is 36.1. The molecule has 100 valence electrons. The first-order chi connectivity index (χ1) is 8.91. The van der Waals surface area contributed by atoms with E-state index in [0.29, 0.717) is 15.7 Å². The molecule has 7 heteroatoms. The van der Waals surface area contributed by atoms with Crippen molar-refractivity contribution in [2.75, 3.05) is 12.8 Å². The predicted octanol–water partition coefficient (Wildman–Crippen LogP) is 0.518. The molecule has 1 heterocycles. The third-order valence-corrected chi connectivity index (χ3v) is 3.85. The van der Waals surface area contributed by atoms with E-state index in [4.69, 9.17) is 5.73 Å². The van der Waals surface area contributed by atoms with Crippen molar-refractivity contribution in [3.63, 3.8) is 0 Å². The molecule has 1 aliphatic heterocycles. The molecule has 3 N–H and O–H groups in total. The zero-order chi connectivity index (χ0) is 14.2. The van der Waals surface area contributed by atoms with E-state index in [1.165, 1.54) is 7.05 Å². The van der Waals surface area contributed by atoms with Gasteiger partial charge in [0.15, 0.2) is 0 Å². The Morgan fingerprint density at radius 2 is 2.16 bits per heavy atom. The number of likely N-dealkylation sites (tertiary alicyclic amines) is 1. The van der Waals surface area contributed by atoms with Crippen LogP contribution in [0.4, 0.5) is 5.69 Å². The second-order valence-corrected chi connectivity index (χ2v) is 5.02. The standard InChI is InChI=1S/C12H12BrN3O3/c1-16-9(17)5-8(12(16)19)15-11(18)6-3-2-4-7(14)10(6)13/h2-4,8H,5,14H2,1H3,(H,15,18). The maximum atomic E-state index is 12.1. The number of benzene rings is 1. The van der Waals surface area contributed by atoms with Gasteiger partial charge in [-0.3, -0.25) is 19.3 Å². The van der Waals surface area contributed by atoms with Crippen LogP contribution in [0.2, 0.25) is 0 Å². The van der Waals surface area contributed by atoms with Gasteiger partial charge in [-0.05, 0) is 28.1 Å². The second-order valence-electron chi connectivity index (χ2n) is 4.23. The van der Waals surface area contributed by atoms with Crippen molar-refractivity contribution >= 4 is 39.3 Å². The molecule has 1 aliphatic rings. The lowest BCUT2D eigenvalue weighted by atomic mass is 10.1. The molecule has 1 fully saturated rings. The number of imide groups is 1. The maximum Gasteiger partial charge on any atom is 0.253 e. The highest BCUT2D eigenvalue weighted by atomic mass is 79.9. The molecule has 19 heavy (non-hydrogen) atoms. The van der Waals surface area contributed by atoms with Crippen molar-refractivity contribution in [3.8, 4) is 0 Å². The van der Waals surface area contributed by atoms with Crippen LogP contribution in [0.5, 0.6) is 0 Å². The van der Waals surface area contributed by atoms with E-state index in [1.54, 1.807) is 18.2 Å². The second kappa shape index (κ2) is 5.00. The lowest BCUT2D eigenvalue weighted by Gasteiger charge is -2.12. The Morgan fingerprint density at radius 1 is 1.47 bits per heavy atom. The zero-order valence-electron chi connectivity index (χ0n) is 10.1. The van der Waals surface area contributed by atoms with Crippen molar-refractivity contribution in [3.05, 3.63) is 28.2 Å². The van der Waals surface area contributed by atoms with E-state index in [0.717, 1.165) is 4.90 Å². The summed E-state index contributed by atoms with van der Waals surface area (Å²) in [6.45, 7) is 0. The van der Waals surface area contributed by atoms with Crippen molar-refractivity contribution < 1.29 is 14.4 Å². The Morgan fingerprint density at radius 3 is 2.74 bits per heavy atom. The lowest BCUT2D eigenvalue weighted by Crippen LogP contribution is -2.40. The van der Waals surface area contributed by atoms with Crippen LogP contribution in [0.15, 0.2) is 22.7 Å². The van der Waals surface area contributed by atoms with Gasteiger partial charge in [0, 0.05) is 12.7 Å². The third-order valence-electron chi connectivity index (χ3n) is 2.96. The third kappa shape index (κ3) is 2.46. The van der Waals surface area contributed by atoms with Gasteiger partial charge in [-0.2, -0.15) is 0 Å². The molecule has 6 nitrogen and oxygen atoms in total. The minimum absolute atomic E-state index is 0.0129. The molecule has 0 bridgehead atoms. The summed E-state index contributed by atoms with van der Waals surface area (Å²) < 4.78 is 0.470. The number of nitrogens with two attached hydrogens (primary N) is 1. The first kappa shape index (κ1) is 13.5. The molecule has 0 saturated carbocycles. The van der Waals surface area contributed by atoms with Crippen LogP contribution in [-0.4, -0.2) is 35.7 Å². The molecule has 0 aromatic heterocycles. The number of nitrogens with one attached hydrogen (secondary N) is 1. The number of nitrogen functional groups attached to an aromatic ring is 1. The monoisotopic (exact) mass is 325 g/mol. The zero-order valence-corrected chi connectivity index (χ0v) is 11.7. The summed E-state index contributed by atoms with van der Waals surface area (Å²) in [5.74, 6) is -1.15. The van der Waals surface area contributed by atoms with Gasteiger partial charge >= 0.3 is 0 Å². The fourth-order valence-electron chi connectivity index (χ4n) is 1.83. The minimum Gasteiger partial charge on any atom is -0.398 e. The maximum absolute atomic E-state index is 12.1. The molecule has 0 aliphatic carbocycles. The highest BCUT2D eigenvalue weighted by Crippen LogP contribution is 2.24. The topological polar surface area (TPSA) is 92.5 Å². The molecule has 3 amide bonds. The summed E-state index contributed by atoms with van der Waals surface area (Å²) in [5, 5.41) is 2.54. The summed E-state index contributed by atoms with van der Waals surface area (Å²) in [7, 11) is 1.40. The fraction of sp³-hybridized carbons (Fsp3) is 0.250. The van der Waals surface area contributed by atoms with E-state index in [1.807, 2.05) is 0 Å². The summed E-state index contributed by atoms with van der Waals surface area (Å²) in [5.41, 5.74) is 6.44. The Bertz CT molecular complexity index is 573. The Balaban J connectivity index is 2.16. The number of hydrogen-bond donors (Lipinski definition) is 2. The van der Waals surface area contributed by atoms with Crippen LogP contribution in [0.3, 0.4) is 0 Å². The number of carbonyl (C=O) groups excluding carboxylic acids is 3. The summed E-state index contributed by atoms with van der Waals surface area (Å²) in [6, 6.07) is 4.07.